The van der Waals surface area contributed by atoms with E-state index in [-0.39, 0.29) is 148 Å². The third-order valence-electron chi connectivity index (χ3n) is 1.15. The average molecular weight is 414 g/mol. The third-order valence-corrected chi connectivity index (χ3v) is 3.46. The van der Waals surface area contributed by atoms with Crippen molar-refractivity contribution in [3.05, 3.63) is 0 Å². The molecule has 0 aromatic heterocycles. The van der Waals surface area contributed by atoms with E-state index in [1.807, 2.05) is 0 Å². The maximum atomic E-state index is 10.6. The van der Waals surface area contributed by atoms with E-state index in [1.165, 1.54) is 0 Å². The first-order valence-corrected chi connectivity index (χ1v) is 9.04. The second-order valence-electron chi connectivity index (χ2n) is 3.09. The summed E-state index contributed by atoms with van der Waals surface area (Å²) < 4.78 is 31.7. The molecule has 0 aliphatic carbocycles. The van der Waals surface area contributed by atoms with E-state index in [1.54, 1.807) is 0 Å². The second-order valence-corrected chi connectivity index (χ2v) is 7.93. The minimum absolute atomic E-state index is 0. The minimum atomic E-state index is -4.65. The van der Waals surface area contributed by atoms with Crippen molar-refractivity contribution in [2.45, 2.75) is 0 Å². The van der Waals surface area contributed by atoms with Gasteiger partial charge in [0.2, 0.25) is 0 Å². The molecule has 0 spiro atoms. The molecule has 0 heterocycles. The smallest absolute Gasteiger partial charge is 0.324 e. The Balaban J connectivity index is -0.000000112. The van der Waals surface area contributed by atoms with Gasteiger partial charge in [0.05, 0.1) is 0 Å². The van der Waals surface area contributed by atoms with E-state index in [2.05, 4.69) is 0 Å². The second kappa shape index (κ2) is 17.5. The van der Waals surface area contributed by atoms with Crippen LogP contribution in [0.4, 0.5) is 0 Å². The van der Waals surface area contributed by atoms with Crippen molar-refractivity contribution in [2.24, 2.45) is 0 Å². The summed E-state index contributed by atoms with van der Waals surface area (Å²) in [5.41, 5.74) is 0. The van der Waals surface area contributed by atoms with E-state index < -0.39 is 41.6 Å². The molecule has 10 nitrogen and oxygen atoms in total. The van der Waals surface area contributed by atoms with Crippen LogP contribution in [0.1, 0.15) is 0 Å². The van der Waals surface area contributed by atoms with Crippen LogP contribution in [-0.2, 0) is 13.7 Å². The Morgan fingerprint density at radius 2 is 0.667 bits per heavy atom. The van der Waals surface area contributed by atoms with E-state index in [9.17, 15) is 13.7 Å². The first kappa shape index (κ1) is 40.9. The molecule has 0 aromatic carbocycles. The van der Waals surface area contributed by atoms with Gasteiger partial charge in [0.15, 0.2) is 0 Å². The Morgan fingerprint density at radius 1 is 0.524 bits per heavy atom. The van der Waals surface area contributed by atoms with Gasteiger partial charge < -0.3 is 29.4 Å². The van der Waals surface area contributed by atoms with Crippen LogP contribution in [0.2, 0.25) is 0 Å². The zero-order valence-electron chi connectivity index (χ0n) is 12.8. The summed E-state index contributed by atoms with van der Waals surface area (Å²) in [5.74, 6) is 0. The molecule has 6 N–H and O–H groups in total. The topological polar surface area (TPSA) is 176 Å². The summed E-state index contributed by atoms with van der Waals surface area (Å²) in [6.45, 7) is 0. The van der Waals surface area contributed by atoms with Crippen LogP contribution >= 0.6 is 22.8 Å². The van der Waals surface area contributed by atoms with Crippen molar-refractivity contribution < 1.29 is 43.1 Å². The quantitative estimate of drug-likeness (QED) is 0.192. The predicted molar refractivity (Wildman–Crippen MR) is 81.3 cm³/mol. The molecule has 0 unspecified atom stereocenters. The first-order chi connectivity index (χ1) is 6.79. The summed E-state index contributed by atoms with van der Waals surface area (Å²) >= 11 is 0. The molecule has 18 heteroatoms. The zero-order chi connectivity index (χ0) is 13.2. The van der Waals surface area contributed by atoms with Gasteiger partial charge in [-0.15, -0.1) is 0 Å². The molecule has 0 aromatic rings. The molecule has 0 aliphatic heterocycles. The monoisotopic (exact) mass is 414 g/mol. The SMILES string of the molecule is O=P(O)(O)CN(CP(=O)(O)O)CP(=O)(O)O.[Na].[Na].[Na].[Na].[Na]. The van der Waals surface area contributed by atoms with Crippen LogP contribution in [-0.4, -0.2) is 201 Å². The van der Waals surface area contributed by atoms with Crippen molar-refractivity contribution in [1.82, 2.24) is 4.90 Å². The molecule has 0 fully saturated rings. The number of hydrogen-bond donors (Lipinski definition) is 6. The fourth-order valence-electron chi connectivity index (χ4n) is 0.916. The summed E-state index contributed by atoms with van der Waals surface area (Å²) in [6, 6.07) is 0. The van der Waals surface area contributed by atoms with E-state index in [0.717, 1.165) is 0 Å². The average Bonchev–Trinajstić information content (AvgIpc) is 1.70. The molecular formula is C3H12NNa5O9P3. The number of nitrogens with zero attached hydrogens (tertiary/aromatic N) is 1. The largest absolute Gasteiger partial charge is 0.339 e. The molecule has 21 heavy (non-hydrogen) atoms. The number of rotatable bonds is 6. The summed E-state index contributed by atoms with van der Waals surface area (Å²) in [4.78, 5) is 51.6. The molecule has 0 saturated heterocycles. The Bertz CT molecular complexity index is 322. The maximum Gasteiger partial charge on any atom is 0.339 e. The van der Waals surface area contributed by atoms with Gasteiger partial charge in [0.1, 0.15) is 18.9 Å². The van der Waals surface area contributed by atoms with Gasteiger partial charge in [-0.1, -0.05) is 0 Å². The fraction of sp³-hybridized carbons (Fsp3) is 1.00. The van der Waals surface area contributed by atoms with Gasteiger partial charge in [-0.2, -0.15) is 0 Å². The predicted octanol–water partition coefficient (Wildman–Crippen LogP) is -3.21. The summed E-state index contributed by atoms with van der Waals surface area (Å²) in [7, 11) is -14.0. The van der Waals surface area contributed by atoms with Gasteiger partial charge in [0, 0.05) is 148 Å². The van der Waals surface area contributed by atoms with Crippen LogP contribution in [0.15, 0.2) is 0 Å². The maximum absolute atomic E-state index is 10.6. The van der Waals surface area contributed by atoms with Gasteiger partial charge in [-0.05, 0) is 0 Å². The summed E-state index contributed by atoms with van der Waals surface area (Å²) in [6.07, 6.45) is -3.41. The van der Waals surface area contributed by atoms with Gasteiger partial charge >= 0.3 is 22.8 Å². The van der Waals surface area contributed by atoms with E-state index in [4.69, 9.17) is 29.4 Å². The Morgan fingerprint density at radius 3 is 0.762 bits per heavy atom. The van der Waals surface area contributed by atoms with Crippen LogP contribution < -0.4 is 0 Å². The number of hydrogen-bond acceptors (Lipinski definition) is 4. The van der Waals surface area contributed by atoms with Crippen LogP contribution in [0.5, 0.6) is 0 Å². The molecule has 0 rings (SSSR count). The molecule has 5 radical (unpaired) electrons. The molecular weight excluding hydrogens is 402 g/mol. The standard InChI is InChI=1S/C3H12NO9P3.5Na/c5-14(6,7)1-4(2-15(8,9)10)3-16(11,12)13;;;;;/h1-3H2,(H2,5,6,7)(H2,8,9,10)(H2,11,12,13);;;;;. The van der Waals surface area contributed by atoms with Crippen LogP contribution in [0.25, 0.3) is 0 Å². The van der Waals surface area contributed by atoms with Gasteiger partial charge in [-0.25, -0.2) is 0 Å². The molecule has 0 bridgehead atoms. The first-order valence-electron chi connectivity index (χ1n) is 3.65. The van der Waals surface area contributed by atoms with Gasteiger partial charge in [-0.3, -0.25) is 18.6 Å². The molecule has 0 saturated carbocycles. The third kappa shape index (κ3) is 33.4. The molecule has 0 amide bonds. The van der Waals surface area contributed by atoms with Gasteiger partial charge in [0.25, 0.3) is 0 Å². The zero-order valence-corrected chi connectivity index (χ0v) is 25.5. The van der Waals surface area contributed by atoms with Crippen molar-refractivity contribution in [1.29, 1.82) is 0 Å². The van der Waals surface area contributed by atoms with Crippen molar-refractivity contribution in [2.75, 3.05) is 18.9 Å². The van der Waals surface area contributed by atoms with E-state index >= 15 is 0 Å². The van der Waals surface area contributed by atoms with Crippen molar-refractivity contribution in [3.63, 3.8) is 0 Å². The normalized spacial score (nSPS) is 11.0. The Hall–Kier alpha value is 5.41. The minimum Gasteiger partial charge on any atom is -0.324 e. The fourth-order valence-corrected chi connectivity index (χ4v) is 3.55. The van der Waals surface area contributed by atoms with Crippen molar-refractivity contribution >= 4 is 171 Å². The van der Waals surface area contributed by atoms with E-state index in [0.29, 0.717) is 4.90 Å². The summed E-state index contributed by atoms with van der Waals surface area (Å²) in [5, 5.41) is 0. The van der Waals surface area contributed by atoms with Crippen LogP contribution in [0, 0.1) is 0 Å². The molecule has 0 aliphatic rings. The molecule has 103 valence electrons. The Labute approximate surface area is 232 Å². The van der Waals surface area contributed by atoms with Crippen LogP contribution in [0.3, 0.4) is 0 Å². The Kier molecular flexibility index (Phi) is 34.1. The molecule has 0 atom stereocenters. The van der Waals surface area contributed by atoms with Crippen molar-refractivity contribution in [3.8, 4) is 0 Å².